The lowest BCUT2D eigenvalue weighted by molar-refractivity contribution is -0.385. The number of β-amino-alcohol motifs (C(OH)–C–C–N with tert-alkyl or cyclic N) is 1. The van der Waals surface area contributed by atoms with Gasteiger partial charge in [-0.1, -0.05) is 0 Å². The Hall–Kier alpha value is -1.73. The van der Waals surface area contributed by atoms with Crippen molar-refractivity contribution in [1.29, 1.82) is 0 Å². The molecule has 1 saturated heterocycles. The Morgan fingerprint density at radius 3 is 2.90 bits per heavy atom. The molecule has 2 rings (SSSR count). The second-order valence-corrected chi connectivity index (χ2v) is 5.84. The molecule has 20 heavy (non-hydrogen) atoms. The van der Waals surface area contributed by atoms with Gasteiger partial charge >= 0.3 is 0 Å². The SMILES string of the molecule is CC(C)(O)CN1CCC(Nc2ccc([N+](=O)[O-])cn2)C1. The minimum Gasteiger partial charge on any atom is -0.389 e. The number of aromatic nitrogens is 1. The van der Waals surface area contributed by atoms with Crippen LogP contribution < -0.4 is 5.32 Å². The lowest BCUT2D eigenvalue weighted by Gasteiger charge is -2.25. The van der Waals surface area contributed by atoms with Crippen molar-refractivity contribution in [3.05, 3.63) is 28.4 Å². The first kappa shape index (κ1) is 14.7. The van der Waals surface area contributed by atoms with Crippen LogP contribution in [0.2, 0.25) is 0 Å². The Kier molecular flexibility index (Phi) is 4.20. The molecular formula is C13H20N4O3. The van der Waals surface area contributed by atoms with Gasteiger partial charge in [-0.3, -0.25) is 15.0 Å². The van der Waals surface area contributed by atoms with E-state index in [4.69, 9.17) is 0 Å². The predicted molar refractivity (Wildman–Crippen MR) is 75.7 cm³/mol. The number of likely N-dealkylation sites (tertiary alicyclic amines) is 1. The van der Waals surface area contributed by atoms with Crippen LogP contribution in [0, 0.1) is 10.1 Å². The van der Waals surface area contributed by atoms with E-state index >= 15 is 0 Å². The first-order valence-corrected chi connectivity index (χ1v) is 6.65. The summed E-state index contributed by atoms with van der Waals surface area (Å²) in [6, 6.07) is 3.32. The van der Waals surface area contributed by atoms with E-state index in [1.807, 2.05) is 0 Å². The molecule has 0 aromatic carbocycles. The van der Waals surface area contributed by atoms with E-state index < -0.39 is 10.5 Å². The van der Waals surface area contributed by atoms with Crippen molar-refractivity contribution in [2.75, 3.05) is 25.0 Å². The van der Waals surface area contributed by atoms with Crippen molar-refractivity contribution >= 4 is 11.5 Å². The first-order valence-electron chi connectivity index (χ1n) is 6.65. The Morgan fingerprint density at radius 1 is 1.60 bits per heavy atom. The van der Waals surface area contributed by atoms with E-state index in [9.17, 15) is 15.2 Å². The standard InChI is InChI=1S/C13H20N4O3/c1-13(2,18)9-16-6-5-10(8-16)15-12-4-3-11(7-14-12)17(19)20/h3-4,7,10,18H,5-6,8-9H2,1-2H3,(H,14,15). The molecule has 0 saturated carbocycles. The Balaban J connectivity index is 1.87. The minimum absolute atomic E-state index is 0.00868. The van der Waals surface area contributed by atoms with Gasteiger partial charge < -0.3 is 10.4 Å². The summed E-state index contributed by atoms with van der Waals surface area (Å²) < 4.78 is 0. The molecule has 1 atom stereocenters. The monoisotopic (exact) mass is 280 g/mol. The summed E-state index contributed by atoms with van der Waals surface area (Å²) in [5.41, 5.74) is -0.703. The van der Waals surface area contributed by atoms with Crippen molar-refractivity contribution < 1.29 is 10.0 Å². The lowest BCUT2D eigenvalue weighted by Crippen LogP contribution is -2.38. The van der Waals surface area contributed by atoms with E-state index in [-0.39, 0.29) is 11.7 Å². The number of hydrogen-bond acceptors (Lipinski definition) is 6. The van der Waals surface area contributed by atoms with Crippen LogP contribution in [0.15, 0.2) is 18.3 Å². The van der Waals surface area contributed by atoms with Crippen LogP contribution in [0.25, 0.3) is 0 Å². The third-order valence-corrected chi connectivity index (χ3v) is 3.19. The van der Waals surface area contributed by atoms with Gasteiger partial charge in [0.05, 0.1) is 10.5 Å². The molecule has 0 radical (unpaired) electrons. The Bertz CT molecular complexity index is 469. The van der Waals surface area contributed by atoms with Crippen molar-refractivity contribution in [2.45, 2.75) is 31.9 Å². The van der Waals surface area contributed by atoms with Gasteiger partial charge in [0.25, 0.3) is 5.69 Å². The summed E-state index contributed by atoms with van der Waals surface area (Å²) in [5.74, 6) is 0.644. The summed E-state index contributed by atoms with van der Waals surface area (Å²) in [4.78, 5) is 16.3. The van der Waals surface area contributed by atoms with Crippen molar-refractivity contribution in [2.24, 2.45) is 0 Å². The van der Waals surface area contributed by atoms with E-state index in [2.05, 4.69) is 15.2 Å². The van der Waals surface area contributed by atoms with Crippen LogP contribution in [-0.4, -0.2) is 51.2 Å². The summed E-state index contributed by atoms with van der Waals surface area (Å²) in [5, 5.41) is 23.6. The zero-order valence-electron chi connectivity index (χ0n) is 11.7. The number of nitrogens with one attached hydrogen (secondary N) is 1. The number of rotatable bonds is 5. The van der Waals surface area contributed by atoms with Crippen LogP contribution in [0.3, 0.4) is 0 Å². The molecule has 2 N–H and O–H groups in total. The van der Waals surface area contributed by atoms with Gasteiger partial charge in [0.15, 0.2) is 0 Å². The molecule has 1 aliphatic rings. The second-order valence-electron chi connectivity index (χ2n) is 5.84. The fourth-order valence-electron chi connectivity index (χ4n) is 2.43. The number of hydrogen-bond donors (Lipinski definition) is 2. The van der Waals surface area contributed by atoms with Gasteiger partial charge in [0, 0.05) is 31.7 Å². The fraction of sp³-hybridized carbons (Fsp3) is 0.615. The third kappa shape index (κ3) is 4.14. The maximum Gasteiger partial charge on any atom is 0.287 e. The van der Waals surface area contributed by atoms with Crippen LogP contribution in [0.5, 0.6) is 0 Å². The lowest BCUT2D eigenvalue weighted by atomic mass is 10.1. The van der Waals surface area contributed by atoms with Crippen LogP contribution in [-0.2, 0) is 0 Å². The predicted octanol–water partition coefficient (Wildman–Crippen LogP) is 1.25. The second kappa shape index (κ2) is 5.72. The summed E-state index contributed by atoms with van der Waals surface area (Å²) in [6.45, 7) is 5.99. The van der Waals surface area contributed by atoms with E-state index in [1.165, 1.54) is 12.3 Å². The molecule has 2 heterocycles. The summed E-state index contributed by atoms with van der Waals surface area (Å²) in [6.07, 6.45) is 2.22. The number of nitro groups is 1. The quantitative estimate of drug-likeness (QED) is 0.623. The maximum absolute atomic E-state index is 10.5. The molecule has 1 aliphatic heterocycles. The highest BCUT2D eigenvalue weighted by molar-refractivity contribution is 5.41. The third-order valence-electron chi connectivity index (χ3n) is 3.19. The van der Waals surface area contributed by atoms with Gasteiger partial charge in [-0.05, 0) is 26.3 Å². The van der Waals surface area contributed by atoms with Gasteiger partial charge in [-0.25, -0.2) is 4.98 Å². The molecular weight excluding hydrogens is 260 g/mol. The molecule has 0 spiro atoms. The normalized spacial score (nSPS) is 20.1. The number of pyridine rings is 1. The molecule has 1 aromatic rings. The van der Waals surface area contributed by atoms with Gasteiger partial charge in [-0.15, -0.1) is 0 Å². The van der Waals surface area contributed by atoms with E-state index in [1.54, 1.807) is 19.9 Å². The molecule has 0 bridgehead atoms. The molecule has 1 unspecified atom stereocenters. The molecule has 7 heteroatoms. The Labute approximate surface area is 117 Å². The van der Waals surface area contributed by atoms with E-state index in [0.29, 0.717) is 12.4 Å². The van der Waals surface area contributed by atoms with Crippen LogP contribution >= 0.6 is 0 Å². The fourth-order valence-corrected chi connectivity index (χ4v) is 2.43. The first-order chi connectivity index (χ1) is 9.33. The minimum atomic E-state index is -0.694. The van der Waals surface area contributed by atoms with Crippen LogP contribution in [0.1, 0.15) is 20.3 Å². The highest BCUT2D eigenvalue weighted by Gasteiger charge is 2.26. The molecule has 1 fully saturated rings. The van der Waals surface area contributed by atoms with Crippen molar-refractivity contribution in [3.63, 3.8) is 0 Å². The van der Waals surface area contributed by atoms with Crippen LogP contribution in [0.4, 0.5) is 11.5 Å². The average Bonchev–Trinajstić information content (AvgIpc) is 2.74. The molecule has 0 aliphatic carbocycles. The topological polar surface area (TPSA) is 91.5 Å². The smallest absolute Gasteiger partial charge is 0.287 e. The summed E-state index contributed by atoms with van der Waals surface area (Å²) in [7, 11) is 0. The van der Waals surface area contributed by atoms with E-state index in [0.717, 1.165) is 19.5 Å². The zero-order valence-corrected chi connectivity index (χ0v) is 11.7. The van der Waals surface area contributed by atoms with Gasteiger partial charge in [0.1, 0.15) is 12.0 Å². The van der Waals surface area contributed by atoms with Gasteiger partial charge in [-0.2, -0.15) is 0 Å². The number of aliphatic hydroxyl groups is 1. The number of anilines is 1. The molecule has 0 amide bonds. The highest BCUT2D eigenvalue weighted by atomic mass is 16.6. The van der Waals surface area contributed by atoms with Crippen molar-refractivity contribution in [1.82, 2.24) is 9.88 Å². The zero-order chi connectivity index (χ0) is 14.8. The highest BCUT2D eigenvalue weighted by Crippen LogP contribution is 2.18. The average molecular weight is 280 g/mol. The Morgan fingerprint density at radius 2 is 2.35 bits per heavy atom. The molecule has 110 valence electrons. The molecule has 7 nitrogen and oxygen atoms in total. The van der Waals surface area contributed by atoms with Crippen molar-refractivity contribution in [3.8, 4) is 0 Å². The van der Waals surface area contributed by atoms with Gasteiger partial charge in [0.2, 0.25) is 0 Å². The summed E-state index contributed by atoms with van der Waals surface area (Å²) >= 11 is 0. The maximum atomic E-state index is 10.5. The number of nitrogens with zero attached hydrogens (tertiary/aromatic N) is 3. The largest absolute Gasteiger partial charge is 0.389 e. The molecule has 1 aromatic heterocycles.